The van der Waals surface area contributed by atoms with E-state index in [9.17, 15) is 4.79 Å². The highest BCUT2D eigenvalue weighted by Gasteiger charge is 2.80. The van der Waals surface area contributed by atoms with E-state index in [1.807, 2.05) is 6.07 Å². The molecule has 3 aliphatic heterocycles. The van der Waals surface area contributed by atoms with Crippen molar-refractivity contribution in [3.05, 3.63) is 41.0 Å². The number of pyridine rings is 1. The third-order valence-electron chi connectivity index (χ3n) is 8.27. The number of hydrogen-bond donors (Lipinski definition) is 2. The van der Waals surface area contributed by atoms with Crippen molar-refractivity contribution in [2.24, 2.45) is 17.8 Å². The van der Waals surface area contributed by atoms with Crippen LogP contribution in [0.15, 0.2) is 31.0 Å². The molecule has 10 nitrogen and oxygen atoms in total. The van der Waals surface area contributed by atoms with Gasteiger partial charge in [-0.25, -0.2) is 15.0 Å². The number of amides is 1. The lowest BCUT2D eigenvalue weighted by molar-refractivity contribution is -0.117. The highest BCUT2D eigenvalue weighted by atomic mass is 35.5. The predicted molar refractivity (Wildman–Crippen MR) is 148 cm³/mol. The van der Waals surface area contributed by atoms with Crippen LogP contribution in [0.3, 0.4) is 0 Å². The number of piperidine rings is 1. The summed E-state index contributed by atoms with van der Waals surface area (Å²) in [6.45, 7) is 5.35. The fourth-order valence-corrected chi connectivity index (χ4v) is 6.81. The van der Waals surface area contributed by atoms with Crippen LogP contribution < -0.4 is 25.0 Å². The summed E-state index contributed by atoms with van der Waals surface area (Å²) in [5, 5.41) is 7.82. The molecule has 3 saturated heterocycles. The van der Waals surface area contributed by atoms with E-state index >= 15 is 0 Å². The first-order valence-electron chi connectivity index (χ1n) is 12.8. The van der Waals surface area contributed by atoms with Crippen molar-refractivity contribution in [2.75, 3.05) is 44.2 Å². The van der Waals surface area contributed by atoms with E-state index in [2.05, 4.69) is 27.1 Å². The smallest absolute Gasteiger partial charge is 0.243 e. The van der Waals surface area contributed by atoms with Crippen molar-refractivity contribution in [2.45, 2.75) is 18.1 Å². The molecule has 2 bridgehead atoms. The van der Waals surface area contributed by atoms with Crippen molar-refractivity contribution in [1.29, 1.82) is 0 Å². The Morgan fingerprint density at radius 1 is 1.13 bits per heavy atom. The van der Waals surface area contributed by atoms with Crippen molar-refractivity contribution in [3.63, 3.8) is 0 Å². The molecule has 2 aliphatic carbocycles. The number of aromatic nitrogens is 3. The van der Waals surface area contributed by atoms with Gasteiger partial charge in [-0.05, 0) is 29.9 Å². The average Bonchev–Trinajstić information content (AvgIpc) is 3.64. The van der Waals surface area contributed by atoms with E-state index in [0.29, 0.717) is 63.5 Å². The fraction of sp³-hybridized carbons (Fsp3) is 0.407. The number of halogens is 2. The van der Waals surface area contributed by atoms with Crippen LogP contribution in [0.2, 0.25) is 10.0 Å². The summed E-state index contributed by atoms with van der Waals surface area (Å²) in [6, 6.07) is 3.77. The summed E-state index contributed by atoms with van der Waals surface area (Å²) in [5.41, 5.74) is 1.11. The van der Waals surface area contributed by atoms with E-state index in [1.165, 1.54) is 20.3 Å². The van der Waals surface area contributed by atoms with Gasteiger partial charge in [0.1, 0.15) is 23.1 Å². The zero-order chi connectivity index (χ0) is 27.0. The summed E-state index contributed by atoms with van der Waals surface area (Å²) in [4.78, 5) is 28.7. The van der Waals surface area contributed by atoms with Gasteiger partial charge >= 0.3 is 0 Å². The minimum absolute atomic E-state index is 0.145. The molecule has 2 saturated carbocycles. The van der Waals surface area contributed by atoms with Gasteiger partial charge in [-0.3, -0.25) is 4.79 Å². The van der Waals surface area contributed by atoms with Gasteiger partial charge < -0.3 is 29.7 Å². The van der Waals surface area contributed by atoms with E-state index in [4.69, 9.17) is 47.4 Å². The second-order valence-electron chi connectivity index (χ2n) is 10.3. The van der Waals surface area contributed by atoms with Gasteiger partial charge in [-0.1, -0.05) is 29.8 Å². The number of anilines is 2. The second-order valence-corrected chi connectivity index (χ2v) is 11.1. The maximum absolute atomic E-state index is 11.9. The molecule has 5 fully saturated rings. The Labute approximate surface area is 234 Å². The van der Waals surface area contributed by atoms with E-state index in [-0.39, 0.29) is 18.0 Å². The summed E-state index contributed by atoms with van der Waals surface area (Å²) in [6.07, 6.45) is 2.97. The molecule has 2 N–H and O–H groups in total. The lowest BCUT2D eigenvalue weighted by atomic mass is 10.1. The van der Waals surface area contributed by atoms with Crippen molar-refractivity contribution >= 4 is 51.6 Å². The van der Waals surface area contributed by atoms with Gasteiger partial charge in [-0.2, -0.15) is 0 Å². The quantitative estimate of drug-likeness (QED) is 0.394. The third-order valence-corrected chi connectivity index (χ3v) is 9.02. The SMILES string of the molecule is C=CC(=O)N[C@H]1COC[C@H]1Nc1cc2c(N3CC4C5C4C53)nc(-c3c(Cl)c(OC)cc(OC)c3Cl)nc2cn1. The van der Waals surface area contributed by atoms with Gasteiger partial charge in [0.25, 0.3) is 0 Å². The summed E-state index contributed by atoms with van der Waals surface area (Å²) in [5.74, 6) is 4.73. The largest absolute Gasteiger partial charge is 0.495 e. The Morgan fingerprint density at radius 2 is 1.85 bits per heavy atom. The van der Waals surface area contributed by atoms with Crippen LogP contribution in [0.25, 0.3) is 22.3 Å². The Morgan fingerprint density at radius 3 is 2.49 bits per heavy atom. The Bertz CT molecular complexity index is 1490. The van der Waals surface area contributed by atoms with Gasteiger partial charge in [0.05, 0.1) is 66.8 Å². The van der Waals surface area contributed by atoms with Crippen LogP contribution in [-0.4, -0.2) is 73.0 Å². The number of carbonyl (C=O) groups excluding carboxylic acids is 1. The van der Waals surface area contributed by atoms with Crippen molar-refractivity contribution < 1.29 is 19.0 Å². The first-order chi connectivity index (χ1) is 18.9. The van der Waals surface area contributed by atoms with Crippen molar-refractivity contribution in [3.8, 4) is 22.9 Å². The summed E-state index contributed by atoms with van der Waals surface area (Å²) in [7, 11) is 3.07. The molecular weight excluding hydrogens is 543 g/mol. The second kappa shape index (κ2) is 9.11. The number of nitrogens with zero attached hydrogens (tertiary/aromatic N) is 4. The number of methoxy groups -OCH3 is 2. The molecule has 1 amide bonds. The monoisotopic (exact) mass is 568 g/mol. The number of ether oxygens (including phenoxy) is 3. The number of fused-ring (bicyclic) bond motifs is 2. The van der Waals surface area contributed by atoms with Crippen LogP contribution in [0.4, 0.5) is 11.6 Å². The standard InChI is InChI=1S/C27H26Cl2N6O4/c1-4-19(36)32-15-10-39-9-14(15)31-18-5-11-13(7-30-18)33-26(34-27(11)35-8-12-20-21(12)25(20)35)22-23(28)16(37-2)6-17(38-3)24(22)29/h4-7,12,14-15,20-21,25H,1,8-10H2,2-3H3,(H,30,31)(H,32,36)/t12?,14-,15+,20?,21?,25?/m1/s1. The minimum atomic E-state index is -0.242. The lowest BCUT2D eigenvalue weighted by Gasteiger charge is -2.22. The molecule has 39 heavy (non-hydrogen) atoms. The van der Waals surface area contributed by atoms with E-state index in [1.54, 1.807) is 12.3 Å². The van der Waals surface area contributed by atoms with Gasteiger partial charge in [0, 0.05) is 24.0 Å². The molecule has 4 atom stereocenters. The van der Waals surface area contributed by atoms with Crippen LogP contribution in [-0.2, 0) is 9.53 Å². The molecule has 12 heteroatoms. The molecular formula is C27H26Cl2N6O4. The zero-order valence-corrected chi connectivity index (χ0v) is 22.8. The molecule has 8 rings (SSSR count). The molecule has 3 aromatic rings. The average molecular weight is 569 g/mol. The predicted octanol–water partition coefficient (Wildman–Crippen LogP) is 3.56. The van der Waals surface area contributed by atoms with Gasteiger partial charge in [-0.15, -0.1) is 0 Å². The van der Waals surface area contributed by atoms with Crippen LogP contribution in [0.1, 0.15) is 0 Å². The molecule has 1 aromatic carbocycles. The number of hydrogen-bond acceptors (Lipinski definition) is 9. The molecule has 5 aliphatic rings. The number of rotatable bonds is 8. The number of carbonyl (C=O) groups is 1. The van der Waals surface area contributed by atoms with Crippen molar-refractivity contribution in [1.82, 2.24) is 20.3 Å². The molecule has 0 radical (unpaired) electrons. The van der Waals surface area contributed by atoms with E-state index < -0.39 is 0 Å². The van der Waals surface area contributed by atoms with E-state index in [0.717, 1.165) is 35.5 Å². The molecule has 2 unspecified atom stereocenters. The van der Waals surface area contributed by atoms with Crippen LogP contribution >= 0.6 is 23.2 Å². The van der Waals surface area contributed by atoms with Crippen LogP contribution in [0.5, 0.6) is 11.5 Å². The normalized spacial score (nSPS) is 27.7. The number of benzene rings is 1. The topological polar surface area (TPSA) is 111 Å². The third kappa shape index (κ3) is 3.88. The number of nitrogens with one attached hydrogen (secondary N) is 2. The maximum atomic E-state index is 11.9. The first-order valence-corrected chi connectivity index (χ1v) is 13.5. The highest BCUT2D eigenvalue weighted by molar-refractivity contribution is 6.41. The molecule has 5 heterocycles. The minimum Gasteiger partial charge on any atom is -0.495 e. The molecule has 202 valence electrons. The summed E-state index contributed by atoms with van der Waals surface area (Å²) < 4.78 is 16.5. The Balaban J connectivity index is 1.31. The molecule has 0 spiro atoms. The van der Waals surface area contributed by atoms with Crippen LogP contribution in [0, 0.1) is 17.8 Å². The molecule has 2 aromatic heterocycles. The van der Waals surface area contributed by atoms with Gasteiger partial charge in [0.15, 0.2) is 5.82 Å². The Kier molecular flexibility index (Phi) is 5.76. The lowest BCUT2D eigenvalue weighted by Crippen LogP contribution is -2.45. The highest BCUT2D eigenvalue weighted by Crippen LogP contribution is 2.76. The first kappa shape index (κ1) is 24.7. The van der Waals surface area contributed by atoms with Gasteiger partial charge in [0.2, 0.25) is 5.91 Å². The Hall–Kier alpha value is -3.34. The maximum Gasteiger partial charge on any atom is 0.243 e. The summed E-state index contributed by atoms with van der Waals surface area (Å²) >= 11 is 13.5. The fourth-order valence-electron chi connectivity index (χ4n) is 6.14. The zero-order valence-electron chi connectivity index (χ0n) is 21.3.